The van der Waals surface area contributed by atoms with Gasteiger partial charge in [-0.15, -0.1) is 0 Å². The Morgan fingerprint density at radius 3 is 1.56 bits per heavy atom. The van der Waals surface area contributed by atoms with Gasteiger partial charge in [0.2, 0.25) is 0 Å². The average molecular weight is 459 g/mol. The largest absolute Gasteiger partial charge is 0.395 e. The summed E-state index contributed by atoms with van der Waals surface area (Å²) in [5.41, 5.74) is 5.90. The first-order valence-corrected chi connectivity index (χ1v) is 11.5. The number of aliphatic hydroxyl groups is 1. The van der Waals surface area contributed by atoms with Crippen molar-refractivity contribution in [1.29, 1.82) is 0 Å². The first-order chi connectivity index (χ1) is 16.2. The summed E-state index contributed by atoms with van der Waals surface area (Å²) < 4.78 is 0. The molecule has 0 aromatic heterocycles. The van der Waals surface area contributed by atoms with Crippen molar-refractivity contribution in [2.45, 2.75) is 5.54 Å². The highest BCUT2D eigenvalue weighted by Crippen LogP contribution is 2.50. The first kappa shape index (κ1) is 23.6. The predicted molar refractivity (Wildman–Crippen MR) is 140 cm³/mol. The smallest absolute Gasteiger partial charge is 0.255 e. The summed E-state index contributed by atoms with van der Waals surface area (Å²) in [7, 11) is 12.0. The maximum atomic E-state index is 13.9. The number of hydrogen-bond acceptors (Lipinski definition) is 5. The Balaban J connectivity index is 2.04. The van der Waals surface area contributed by atoms with Crippen molar-refractivity contribution in [2.24, 2.45) is 0 Å². The Kier molecular flexibility index (Phi) is 6.28. The number of hydrogen-bond donors (Lipinski definition) is 1. The number of nitrogens with zero attached hydrogens (tertiary/aromatic N) is 4. The predicted octanol–water partition coefficient (Wildman–Crippen LogP) is 3.62. The lowest BCUT2D eigenvalue weighted by Gasteiger charge is -2.40. The summed E-state index contributed by atoms with van der Waals surface area (Å²) in [6, 6.07) is 22.8. The highest BCUT2D eigenvalue weighted by Gasteiger charge is 2.52. The molecule has 6 nitrogen and oxygen atoms in total. The van der Waals surface area contributed by atoms with Crippen molar-refractivity contribution in [1.82, 2.24) is 4.90 Å². The van der Waals surface area contributed by atoms with Crippen LogP contribution >= 0.6 is 0 Å². The number of aliphatic hydroxyl groups excluding tert-OH is 1. The molecule has 0 bridgehead atoms. The average Bonchev–Trinajstić information content (AvgIpc) is 3.07. The minimum Gasteiger partial charge on any atom is -0.395 e. The molecule has 178 valence electrons. The quantitative estimate of drug-likeness (QED) is 0.586. The summed E-state index contributed by atoms with van der Waals surface area (Å²) in [6.07, 6.45) is 0. The molecule has 0 aliphatic carbocycles. The van der Waals surface area contributed by atoms with Crippen LogP contribution in [-0.4, -0.2) is 71.4 Å². The van der Waals surface area contributed by atoms with E-state index in [1.165, 1.54) is 0 Å². The van der Waals surface area contributed by atoms with Crippen molar-refractivity contribution in [3.05, 3.63) is 89.0 Å². The maximum Gasteiger partial charge on any atom is 0.255 e. The zero-order valence-corrected chi connectivity index (χ0v) is 20.9. The standard InChI is InChI=1S/C28H34N4O2/c1-29(2)22-11-7-20(8-12-22)28(21-9-13-23(14-10-21)30(3)4)26-16-15-24(31(5)6)19-25(26)27(34)32(28)17-18-33/h7-16,19,33H,17-18H2,1-6H3. The molecule has 34 heavy (non-hydrogen) atoms. The molecule has 3 aromatic carbocycles. The molecule has 0 unspecified atom stereocenters. The second-order valence-electron chi connectivity index (χ2n) is 9.40. The molecule has 1 aliphatic heterocycles. The summed E-state index contributed by atoms with van der Waals surface area (Å²) in [6.45, 7) is 0.114. The van der Waals surface area contributed by atoms with Gasteiger partial charge in [0.05, 0.1) is 6.61 Å². The van der Waals surface area contributed by atoms with Gasteiger partial charge in [0.1, 0.15) is 5.54 Å². The van der Waals surface area contributed by atoms with Crippen molar-refractivity contribution in [2.75, 3.05) is 70.1 Å². The molecule has 1 N–H and O–H groups in total. The van der Waals surface area contributed by atoms with E-state index in [-0.39, 0.29) is 19.1 Å². The van der Waals surface area contributed by atoms with Gasteiger partial charge >= 0.3 is 0 Å². The number of carbonyl (C=O) groups is 1. The van der Waals surface area contributed by atoms with Crippen LogP contribution in [0.4, 0.5) is 17.1 Å². The number of β-amino-alcohol motifs (C(OH)–C–C–N with tert-alkyl or cyclic N) is 1. The lowest BCUT2D eigenvalue weighted by molar-refractivity contribution is 0.0628. The molecule has 4 rings (SSSR count). The molecule has 1 amide bonds. The van der Waals surface area contributed by atoms with Crippen molar-refractivity contribution < 1.29 is 9.90 Å². The van der Waals surface area contributed by atoms with Gasteiger partial charge < -0.3 is 24.7 Å². The van der Waals surface area contributed by atoms with Crippen LogP contribution in [0.3, 0.4) is 0 Å². The Hall–Kier alpha value is -3.51. The summed E-state index contributed by atoms with van der Waals surface area (Å²) in [5, 5.41) is 10.0. The van der Waals surface area contributed by atoms with E-state index in [4.69, 9.17) is 0 Å². The van der Waals surface area contributed by atoms with E-state index in [1.807, 2.05) is 58.2 Å². The summed E-state index contributed by atoms with van der Waals surface area (Å²) >= 11 is 0. The van der Waals surface area contributed by atoms with Crippen LogP contribution in [0.2, 0.25) is 0 Å². The van der Waals surface area contributed by atoms with Crippen LogP contribution in [0.1, 0.15) is 27.0 Å². The van der Waals surface area contributed by atoms with Gasteiger partial charge in [-0.2, -0.15) is 0 Å². The van der Waals surface area contributed by atoms with Crippen molar-refractivity contribution in [3.63, 3.8) is 0 Å². The molecule has 0 spiro atoms. The van der Waals surface area contributed by atoms with Gasteiger partial charge in [-0.05, 0) is 53.1 Å². The van der Waals surface area contributed by atoms with Gasteiger partial charge in [-0.25, -0.2) is 0 Å². The van der Waals surface area contributed by atoms with Gasteiger partial charge in [0, 0.05) is 71.5 Å². The van der Waals surface area contributed by atoms with E-state index >= 15 is 0 Å². The molecule has 1 aliphatic rings. The number of amides is 1. The normalized spacial score (nSPS) is 14.2. The zero-order chi connectivity index (χ0) is 24.6. The maximum absolute atomic E-state index is 13.9. The Morgan fingerprint density at radius 1 is 0.706 bits per heavy atom. The topological polar surface area (TPSA) is 50.3 Å². The minimum absolute atomic E-state index is 0.0684. The van der Waals surface area contributed by atoms with Crippen molar-refractivity contribution >= 4 is 23.0 Å². The Morgan fingerprint density at radius 2 is 1.15 bits per heavy atom. The van der Waals surface area contributed by atoms with Crippen LogP contribution < -0.4 is 14.7 Å². The number of benzene rings is 3. The van der Waals surface area contributed by atoms with Gasteiger partial charge in [-0.3, -0.25) is 4.79 Å². The Labute approximate surface area is 202 Å². The zero-order valence-electron chi connectivity index (χ0n) is 20.9. The molecule has 6 heteroatoms. The fourth-order valence-corrected chi connectivity index (χ4v) is 4.91. The van der Waals surface area contributed by atoms with Crippen LogP contribution in [0.15, 0.2) is 66.7 Å². The van der Waals surface area contributed by atoms with E-state index in [0.717, 1.165) is 33.8 Å². The number of fused-ring (bicyclic) bond motifs is 1. The number of carbonyl (C=O) groups excluding carboxylic acids is 1. The highest BCUT2D eigenvalue weighted by atomic mass is 16.3. The fourth-order valence-electron chi connectivity index (χ4n) is 4.91. The molecule has 0 saturated heterocycles. The summed E-state index contributed by atoms with van der Waals surface area (Å²) in [4.78, 5) is 21.8. The van der Waals surface area contributed by atoms with E-state index in [9.17, 15) is 9.90 Å². The third kappa shape index (κ3) is 3.68. The van der Waals surface area contributed by atoms with Crippen LogP contribution in [0.5, 0.6) is 0 Å². The lowest BCUT2D eigenvalue weighted by Crippen LogP contribution is -2.47. The van der Waals surface area contributed by atoms with Gasteiger partial charge in [0.25, 0.3) is 5.91 Å². The van der Waals surface area contributed by atoms with E-state index < -0.39 is 5.54 Å². The lowest BCUT2D eigenvalue weighted by atomic mass is 9.76. The molecule has 0 radical (unpaired) electrons. The third-order valence-electron chi connectivity index (χ3n) is 6.72. The van der Waals surface area contributed by atoms with Crippen LogP contribution in [0.25, 0.3) is 0 Å². The number of anilines is 3. The number of rotatable bonds is 7. The summed E-state index contributed by atoms with van der Waals surface area (Å²) in [5.74, 6) is -0.0684. The van der Waals surface area contributed by atoms with Crippen LogP contribution in [-0.2, 0) is 5.54 Å². The monoisotopic (exact) mass is 458 g/mol. The van der Waals surface area contributed by atoms with Crippen LogP contribution in [0, 0.1) is 0 Å². The SMILES string of the molecule is CN(C)c1ccc(C2(c3ccc(N(C)C)cc3)c3ccc(N(C)C)cc3C(=O)N2CCO)cc1. The van der Waals surface area contributed by atoms with E-state index in [1.54, 1.807) is 0 Å². The highest BCUT2D eigenvalue weighted by molar-refractivity contribution is 6.02. The molecule has 3 aromatic rings. The fraction of sp³-hybridized carbons (Fsp3) is 0.321. The van der Waals surface area contributed by atoms with E-state index in [0.29, 0.717) is 5.56 Å². The molecular formula is C28H34N4O2. The third-order valence-corrected chi connectivity index (χ3v) is 6.72. The molecular weight excluding hydrogens is 424 g/mol. The van der Waals surface area contributed by atoms with E-state index in [2.05, 4.69) is 70.5 Å². The Bertz CT molecular complexity index is 1120. The molecule has 1 heterocycles. The second-order valence-corrected chi connectivity index (χ2v) is 9.40. The molecule has 0 saturated carbocycles. The second kappa shape index (κ2) is 9.03. The van der Waals surface area contributed by atoms with Gasteiger partial charge in [0.15, 0.2) is 0 Å². The first-order valence-electron chi connectivity index (χ1n) is 11.5. The van der Waals surface area contributed by atoms with Crippen molar-refractivity contribution in [3.8, 4) is 0 Å². The minimum atomic E-state index is -0.838. The van der Waals surface area contributed by atoms with Gasteiger partial charge in [-0.1, -0.05) is 30.3 Å². The molecule has 0 fully saturated rings. The molecule has 0 atom stereocenters.